The molecule has 0 saturated carbocycles. The molecule has 1 saturated heterocycles. The first-order chi connectivity index (χ1) is 18.2. The van der Waals surface area contributed by atoms with Gasteiger partial charge in [0.15, 0.2) is 5.78 Å². The molecule has 220 valence electrons. The van der Waals surface area contributed by atoms with Crippen LogP contribution in [0, 0.1) is 5.92 Å². The summed E-state index contributed by atoms with van der Waals surface area (Å²) in [4.78, 5) is 87.5. The second-order valence-corrected chi connectivity index (χ2v) is 10.1. The van der Waals surface area contributed by atoms with Crippen molar-refractivity contribution in [2.24, 2.45) is 5.92 Å². The Labute approximate surface area is 233 Å². The molecule has 1 heterocycles. The van der Waals surface area contributed by atoms with Crippen LogP contribution >= 0.6 is 11.6 Å². The number of halogens is 1. The van der Waals surface area contributed by atoms with E-state index in [0.29, 0.717) is 19.4 Å². The molecule has 14 heteroatoms. The molecule has 4 N–H and O–H groups in total. The summed E-state index contributed by atoms with van der Waals surface area (Å²) in [6.07, 6.45) is 0.700. The highest BCUT2D eigenvalue weighted by molar-refractivity contribution is 6.28. The number of hydrogen-bond donors (Lipinski definition) is 4. The Morgan fingerprint density at radius 3 is 1.95 bits per heavy atom. The van der Waals surface area contributed by atoms with E-state index in [-0.39, 0.29) is 30.4 Å². The van der Waals surface area contributed by atoms with E-state index in [9.17, 15) is 33.6 Å². The molecule has 1 aliphatic heterocycles. The zero-order chi connectivity index (χ0) is 29.9. The van der Waals surface area contributed by atoms with Gasteiger partial charge in [0.05, 0.1) is 25.5 Å². The van der Waals surface area contributed by atoms with Crippen molar-refractivity contribution in [3.05, 3.63) is 0 Å². The Kier molecular flexibility index (Phi) is 13.9. The molecule has 0 aromatic carbocycles. The average molecular weight is 574 g/mol. The number of Topliss-reactive ketones (excluding diaryl/α,β-unsaturated/α-hetero) is 1. The first-order valence-corrected chi connectivity index (χ1v) is 13.4. The summed E-state index contributed by atoms with van der Waals surface area (Å²) >= 11 is 5.66. The Morgan fingerprint density at radius 1 is 0.846 bits per heavy atom. The third-order valence-electron chi connectivity index (χ3n) is 6.32. The highest BCUT2D eigenvalue weighted by Crippen LogP contribution is 2.19. The van der Waals surface area contributed by atoms with Gasteiger partial charge >= 0.3 is 5.97 Å². The number of nitrogens with one attached hydrogen (secondary N) is 4. The van der Waals surface area contributed by atoms with Crippen LogP contribution in [0.15, 0.2) is 0 Å². The van der Waals surface area contributed by atoms with Crippen LogP contribution in [-0.2, 0) is 38.3 Å². The zero-order valence-electron chi connectivity index (χ0n) is 23.3. The molecule has 39 heavy (non-hydrogen) atoms. The molecule has 0 aromatic heterocycles. The molecule has 5 amide bonds. The second kappa shape index (κ2) is 16.0. The van der Waals surface area contributed by atoms with Crippen LogP contribution in [0.4, 0.5) is 0 Å². The van der Waals surface area contributed by atoms with Crippen molar-refractivity contribution in [2.75, 3.05) is 19.5 Å². The van der Waals surface area contributed by atoms with Crippen LogP contribution < -0.4 is 21.3 Å². The molecule has 0 unspecified atom stereocenters. The van der Waals surface area contributed by atoms with Gasteiger partial charge in [-0.1, -0.05) is 13.8 Å². The van der Waals surface area contributed by atoms with Crippen molar-refractivity contribution in [1.29, 1.82) is 0 Å². The van der Waals surface area contributed by atoms with Gasteiger partial charge in [-0.3, -0.25) is 33.6 Å². The van der Waals surface area contributed by atoms with Crippen molar-refractivity contribution in [1.82, 2.24) is 26.2 Å². The lowest BCUT2D eigenvalue weighted by Crippen LogP contribution is -2.57. The minimum atomic E-state index is -1.03. The van der Waals surface area contributed by atoms with Gasteiger partial charge in [0, 0.05) is 13.0 Å². The van der Waals surface area contributed by atoms with Gasteiger partial charge in [0.1, 0.15) is 24.2 Å². The smallest absolute Gasteiger partial charge is 0.306 e. The van der Waals surface area contributed by atoms with E-state index >= 15 is 0 Å². The van der Waals surface area contributed by atoms with Crippen LogP contribution in [0.2, 0.25) is 0 Å². The predicted octanol–water partition coefficient (Wildman–Crippen LogP) is -0.607. The lowest BCUT2D eigenvalue weighted by atomic mass is 10.00. The van der Waals surface area contributed by atoms with E-state index in [2.05, 4.69) is 26.0 Å². The number of ether oxygens (including phenoxy) is 1. The third kappa shape index (κ3) is 10.5. The molecular formula is C25H40ClN5O8. The molecule has 0 spiro atoms. The highest BCUT2D eigenvalue weighted by Gasteiger charge is 2.38. The lowest BCUT2D eigenvalue weighted by Gasteiger charge is -2.29. The van der Waals surface area contributed by atoms with Crippen LogP contribution in [-0.4, -0.2) is 95.9 Å². The lowest BCUT2D eigenvalue weighted by molar-refractivity contribution is -0.142. The number of rotatable bonds is 14. The minimum Gasteiger partial charge on any atom is -0.469 e. The summed E-state index contributed by atoms with van der Waals surface area (Å²) in [5, 5.41) is 10.1. The van der Waals surface area contributed by atoms with Crippen LogP contribution in [0.5, 0.6) is 0 Å². The number of likely N-dealkylation sites (tertiary alicyclic amines) is 1. The van der Waals surface area contributed by atoms with Gasteiger partial charge in [0.2, 0.25) is 29.5 Å². The van der Waals surface area contributed by atoms with Crippen LogP contribution in [0.1, 0.15) is 60.3 Å². The predicted molar refractivity (Wildman–Crippen MR) is 141 cm³/mol. The number of nitrogens with zero attached hydrogens (tertiary/aromatic N) is 1. The third-order valence-corrected chi connectivity index (χ3v) is 6.58. The second-order valence-electron chi connectivity index (χ2n) is 9.85. The van der Waals surface area contributed by atoms with Gasteiger partial charge in [-0.2, -0.15) is 0 Å². The number of methoxy groups -OCH3 is 1. The van der Waals surface area contributed by atoms with Crippen molar-refractivity contribution in [3.8, 4) is 0 Å². The topological polar surface area (TPSA) is 180 Å². The van der Waals surface area contributed by atoms with Crippen LogP contribution in [0.25, 0.3) is 0 Å². The van der Waals surface area contributed by atoms with Gasteiger partial charge in [-0.25, -0.2) is 0 Å². The van der Waals surface area contributed by atoms with E-state index in [1.54, 1.807) is 13.8 Å². The Bertz CT molecular complexity index is 943. The maximum Gasteiger partial charge on any atom is 0.306 e. The maximum absolute atomic E-state index is 13.1. The summed E-state index contributed by atoms with van der Waals surface area (Å²) < 4.78 is 4.46. The number of alkyl halides is 1. The van der Waals surface area contributed by atoms with Crippen molar-refractivity contribution in [3.63, 3.8) is 0 Å². The average Bonchev–Trinajstić information content (AvgIpc) is 3.38. The molecule has 13 nitrogen and oxygen atoms in total. The molecule has 1 fully saturated rings. The Hall–Kier alpha value is -3.22. The zero-order valence-corrected chi connectivity index (χ0v) is 24.1. The van der Waals surface area contributed by atoms with E-state index in [4.69, 9.17) is 11.6 Å². The number of hydrogen-bond acceptors (Lipinski definition) is 8. The molecule has 5 atom stereocenters. The highest BCUT2D eigenvalue weighted by atomic mass is 35.5. The molecule has 0 bridgehead atoms. The standard InChI is InChI=1S/C25H40ClN5O8/c1-13(2)21(18(32)12-26)30-24(37)17-8-7-11-31(17)25(38)16(5)29-23(36)15(4)28-22(35)14(3)27-19(33)9-10-20(34)39-6/h13-17,21H,7-12H2,1-6H3,(H,27,33)(H,28,35)(H,29,36)(H,30,37)/t14-,15+,16-,17-,21-/m0/s1. The quantitative estimate of drug-likeness (QED) is 0.157. The number of ketones is 1. The summed E-state index contributed by atoms with van der Waals surface area (Å²) in [7, 11) is 1.20. The van der Waals surface area contributed by atoms with Crippen molar-refractivity contribution < 1.29 is 38.3 Å². The monoisotopic (exact) mass is 573 g/mol. The summed E-state index contributed by atoms with van der Waals surface area (Å²) in [5.74, 6) is -4.04. The number of carbonyl (C=O) groups excluding carboxylic acids is 7. The van der Waals surface area contributed by atoms with Crippen molar-refractivity contribution in [2.45, 2.75) is 90.5 Å². The normalized spacial score (nSPS) is 17.8. The fraction of sp³-hybridized carbons (Fsp3) is 0.720. The molecular weight excluding hydrogens is 534 g/mol. The SMILES string of the molecule is COC(=O)CCC(=O)N[C@@H](C)C(=O)N[C@H](C)C(=O)N[C@@H](C)C(=O)N1CCC[C@H]1C(=O)N[C@H](C(=O)CCl)C(C)C. The number of esters is 1. The molecule has 1 aliphatic rings. The Morgan fingerprint density at radius 2 is 1.41 bits per heavy atom. The Balaban J connectivity index is 2.66. The van der Waals surface area contributed by atoms with Crippen LogP contribution in [0.3, 0.4) is 0 Å². The molecule has 0 radical (unpaired) electrons. The van der Waals surface area contributed by atoms with E-state index < -0.39 is 65.7 Å². The van der Waals surface area contributed by atoms with Gasteiger partial charge < -0.3 is 30.9 Å². The fourth-order valence-corrected chi connectivity index (χ4v) is 4.17. The van der Waals surface area contributed by atoms with Gasteiger partial charge in [-0.15, -0.1) is 11.6 Å². The maximum atomic E-state index is 13.1. The summed E-state index contributed by atoms with van der Waals surface area (Å²) in [6.45, 7) is 8.19. The van der Waals surface area contributed by atoms with E-state index in [1.807, 2.05) is 0 Å². The largest absolute Gasteiger partial charge is 0.469 e. The van der Waals surface area contributed by atoms with Gasteiger partial charge in [-0.05, 0) is 39.5 Å². The molecule has 0 aliphatic carbocycles. The summed E-state index contributed by atoms with van der Waals surface area (Å²) in [5.41, 5.74) is 0. The minimum absolute atomic E-state index is 0.134. The van der Waals surface area contributed by atoms with Crippen molar-refractivity contribution >= 4 is 52.9 Å². The van der Waals surface area contributed by atoms with Gasteiger partial charge in [0.25, 0.3) is 0 Å². The summed E-state index contributed by atoms with van der Waals surface area (Å²) in [6, 6.07) is -4.57. The first-order valence-electron chi connectivity index (χ1n) is 12.9. The number of carbonyl (C=O) groups is 7. The number of amides is 5. The van der Waals surface area contributed by atoms with E-state index in [1.165, 1.54) is 32.8 Å². The first kappa shape index (κ1) is 33.8. The fourth-order valence-electron chi connectivity index (χ4n) is 4.00. The molecule has 1 rings (SSSR count). The molecule has 0 aromatic rings. The van der Waals surface area contributed by atoms with E-state index in [0.717, 1.165) is 0 Å².